The highest BCUT2D eigenvalue weighted by Gasteiger charge is 2.26. The predicted octanol–water partition coefficient (Wildman–Crippen LogP) is 5.86. The number of halogens is 1. The number of aryl methyl sites for hydroxylation is 1. The fraction of sp³-hybridized carbons (Fsp3) is 0.182. The molecule has 0 unspecified atom stereocenters. The predicted molar refractivity (Wildman–Crippen MR) is 114 cm³/mol. The zero-order valence-electron chi connectivity index (χ0n) is 15.0. The lowest BCUT2D eigenvalue weighted by molar-refractivity contribution is 0.104. The SMILES string of the molecule is Nc1c(C(=O)c2ccc(F)cc2)sc2nc3c(c(-c4cccs4)c12)CCCC3. The van der Waals surface area contributed by atoms with Crippen molar-refractivity contribution < 1.29 is 9.18 Å². The minimum absolute atomic E-state index is 0.185. The highest BCUT2D eigenvalue weighted by atomic mass is 32.1. The molecule has 0 spiro atoms. The van der Waals surface area contributed by atoms with Crippen molar-refractivity contribution in [2.45, 2.75) is 25.7 Å². The van der Waals surface area contributed by atoms with Crippen LogP contribution in [0.25, 0.3) is 20.7 Å². The second kappa shape index (κ2) is 6.79. The van der Waals surface area contributed by atoms with E-state index in [0.29, 0.717) is 16.1 Å². The van der Waals surface area contributed by atoms with Crippen LogP contribution in [0.5, 0.6) is 0 Å². The van der Waals surface area contributed by atoms with E-state index in [0.717, 1.165) is 52.0 Å². The van der Waals surface area contributed by atoms with E-state index in [9.17, 15) is 9.18 Å². The summed E-state index contributed by atoms with van der Waals surface area (Å²) >= 11 is 3.02. The van der Waals surface area contributed by atoms with E-state index in [1.165, 1.54) is 41.2 Å². The number of ketones is 1. The molecule has 4 aromatic rings. The smallest absolute Gasteiger partial charge is 0.205 e. The van der Waals surface area contributed by atoms with E-state index >= 15 is 0 Å². The van der Waals surface area contributed by atoms with Gasteiger partial charge < -0.3 is 5.73 Å². The lowest BCUT2D eigenvalue weighted by atomic mass is 9.90. The fourth-order valence-corrected chi connectivity index (χ4v) is 5.79. The Kier molecular flexibility index (Phi) is 4.25. The first-order valence-corrected chi connectivity index (χ1v) is 10.9. The number of nitrogens with zero attached hydrogens (tertiary/aromatic N) is 1. The number of pyridine rings is 1. The normalized spacial score (nSPS) is 13.6. The summed E-state index contributed by atoms with van der Waals surface area (Å²) in [6.07, 6.45) is 4.23. The van der Waals surface area contributed by atoms with Gasteiger partial charge in [-0.15, -0.1) is 22.7 Å². The molecular weight excluding hydrogens is 391 g/mol. The number of aromatic nitrogens is 1. The second-order valence-electron chi connectivity index (χ2n) is 6.96. The number of carbonyl (C=O) groups excluding carboxylic acids is 1. The lowest BCUT2D eigenvalue weighted by Crippen LogP contribution is -2.07. The minimum atomic E-state index is -0.366. The van der Waals surface area contributed by atoms with Crippen LogP contribution in [-0.4, -0.2) is 10.8 Å². The molecule has 28 heavy (non-hydrogen) atoms. The summed E-state index contributed by atoms with van der Waals surface area (Å²) in [4.78, 5) is 20.4. The van der Waals surface area contributed by atoms with Crippen molar-refractivity contribution in [1.82, 2.24) is 4.98 Å². The van der Waals surface area contributed by atoms with Gasteiger partial charge in [0.25, 0.3) is 0 Å². The van der Waals surface area contributed by atoms with Crippen LogP contribution in [-0.2, 0) is 12.8 Å². The van der Waals surface area contributed by atoms with Gasteiger partial charge in [-0.25, -0.2) is 9.37 Å². The van der Waals surface area contributed by atoms with Gasteiger partial charge in [-0.1, -0.05) is 6.07 Å². The van der Waals surface area contributed by atoms with Crippen molar-refractivity contribution in [3.63, 3.8) is 0 Å². The van der Waals surface area contributed by atoms with E-state index in [-0.39, 0.29) is 11.6 Å². The number of benzene rings is 1. The average Bonchev–Trinajstić information content (AvgIpc) is 3.35. The molecule has 1 aliphatic rings. The molecule has 0 amide bonds. The number of nitrogens with two attached hydrogens (primary N) is 1. The third kappa shape index (κ3) is 2.75. The molecule has 3 nitrogen and oxygen atoms in total. The highest BCUT2D eigenvalue weighted by Crippen LogP contribution is 2.45. The number of thiophene rings is 2. The van der Waals surface area contributed by atoms with Crippen LogP contribution >= 0.6 is 22.7 Å². The Bertz CT molecular complexity index is 1190. The number of rotatable bonds is 3. The van der Waals surface area contributed by atoms with Gasteiger partial charge in [-0.05, 0) is 67.0 Å². The molecule has 0 aliphatic heterocycles. The summed E-state index contributed by atoms with van der Waals surface area (Å²) in [5, 5.41) is 2.95. The second-order valence-corrected chi connectivity index (χ2v) is 8.90. The summed E-state index contributed by atoms with van der Waals surface area (Å²) in [5.41, 5.74) is 11.0. The molecule has 0 saturated heterocycles. The third-order valence-electron chi connectivity index (χ3n) is 5.23. The number of hydrogen-bond acceptors (Lipinski definition) is 5. The number of hydrogen-bond donors (Lipinski definition) is 1. The molecule has 1 aliphatic carbocycles. The Balaban J connectivity index is 1.76. The maximum atomic E-state index is 13.2. The molecule has 140 valence electrons. The summed E-state index contributed by atoms with van der Waals surface area (Å²) in [7, 11) is 0. The largest absolute Gasteiger partial charge is 0.397 e. The van der Waals surface area contributed by atoms with Crippen LogP contribution in [0, 0.1) is 5.82 Å². The Morgan fingerprint density at radius 2 is 1.89 bits per heavy atom. The van der Waals surface area contributed by atoms with Gasteiger partial charge in [0.15, 0.2) is 0 Å². The quantitative estimate of drug-likeness (QED) is 0.432. The van der Waals surface area contributed by atoms with Gasteiger partial charge in [0.05, 0.1) is 5.69 Å². The van der Waals surface area contributed by atoms with E-state index < -0.39 is 0 Å². The molecular formula is C22H17FN2OS2. The van der Waals surface area contributed by atoms with Gasteiger partial charge in [-0.3, -0.25) is 4.79 Å². The average molecular weight is 409 g/mol. The minimum Gasteiger partial charge on any atom is -0.397 e. The van der Waals surface area contributed by atoms with Crippen LogP contribution in [0.3, 0.4) is 0 Å². The molecule has 0 radical (unpaired) electrons. The van der Waals surface area contributed by atoms with Crippen molar-refractivity contribution in [3.8, 4) is 10.4 Å². The first-order chi connectivity index (χ1) is 13.6. The van der Waals surface area contributed by atoms with Crippen LogP contribution in [0.1, 0.15) is 39.3 Å². The topological polar surface area (TPSA) is 56.0 Å². The van der Waals surface area contributed by atoms with Crippen LogP contribution < -0.4 is 5.73 Å². The standard InChI is InChI=1S/C22H17FN2OS2/c23-13-9-7-12(8-10-13)20(26)21-19(24)18-17(16-6-3-11-27-16)14-4-1-2-5-15(14)25-22(18)28-21/h3,6-11H,1-2,4-5,24H2. The molecule has 0 fully saturated rings. The van der Waals surface area contributed by atoms with Gasteiger partial charge in [-0.2, -0.15) is 0 Å². The molecule has 0 saturated carbocycles. The highest BCUT2D eigenvalue weighted by molar-refractivity contribution is 7.21. The molecule has 3 heterocycles. The number of anilines is 1. The van der Waals surface area contributed by atoms with E-state index in [1.54, 1.807) is 11.3 Å². The van der Waals surface area contributed by atoms with E-state index in [1.807, 2.05) is 6.07 Å². The molecule has 5 rings (SSSR count). The molecule has 6 heteroatoms. The fourth-order valence-electron chi connectivity index (χ4n) is 3.90. The summed E-state index contributed by atoms with van der Waals surface area (Å²) < 4.78 is 13.2. The van der Waals surface area contributed by atoms with Gasteiger partial charge in [0, 0.05) is 27.1 Å². The van der Waals surface area contributed by atoms with Gasteiger partial charge in [0.1, 0.15) is 15.5 Å². The summed E-state index contributed by atoms with van der Waals surface area (Å²) in [6, 6.07) is 9.73. The Hall–Kier alpha value is -2.57. The first-order valence-electron chi connectivity index (χ1n) is 9.21. The zero-order chi connectivity index (χ0) is 19.3. The molecule has 0 atom stereocenters. The molecule has 0 bridgehead atoms. The van der Waals surface area contributed by atoms with E-state index in [2.05, 4.69) is 11.4 Å². The van der Waals surface area contributed by atoms with Crippen molar-refractivity contribution in [2.75, 3.05) is 5.73 Å². The molecule has 1 aromatic carbocycles. The van der Waals surface area contributed by atoms with Gasteiger partial charge >= 0.3 is 0 Å². The number of carbonyl (C=O) groups is 1. The Labute approximate surface area is 169 Å². The molecule has 3 aromatic heterocycles. The van der Waals surface area contributed by atoms with Crippen molar-refractivity contribution in [1.29, 1.82) is 0 Å². The maximum absolute atomic E-state index is 13.2. The number of fused-ring (bicyclic) bond motifs is 2. The summed E-state index contributed by atoms with van der Waals surface area (Å²) in [5.74, 6) is -0.550. The van der Waals surface area contributed by atoms with Gasteiger partial charge in [0.2, 0.25) is 5.78 Å². The zero-order valence-corrected chi connectivity index (χ0v) is 16.6. The maximum Gasteiger partial charge on any atom is 0.205 e. The number of nitrogen functional groups attached to an aromatic ring is 1. The van der Waals surface area contributed by atoms with Crippen LogP contribution in [0.2, 0.25) is 0 Å². The van der Waals surface area contributed by atoms with Crippen molar-refractivity contribution in [3.05, 3.63) is 69.3 Å². The monoisotopic (exact) mass is 408 g/mol. The Morgan fingerprint density at radius 3 is 2.64 bits per heavy atom. The van der Waals surface area contributed by atoms with Crippen molar-refractivity contribution in [2.24, 2.45) is 0 Å². The summed E-state index contributed by atoms with van der Waals surface area (Å²) in [6.45, 7) is 0. The lowest BCUT2D eigenvalue weighted by Gasteiger charge is -2.19. The van der Waals surface area contributed by atoms with E-state index in [4.69, 9.17) is 10.7 Å². The first kappa shape index (κ1) is 17.5. The van der Waals surface area contributed by atoms with Crippen LogP contribution in [0.15, 0.2) is 41.8 Å². The van der Waals surface area contributed by atoms with Crippen LogP contribution in [0.4, 0.5) is 10.1 Å². The van der Waals surface area contributed by atoms with Crippen molar-refractivity contribution >= 4 is 44.4 Å². The Morgan fingerprint density at radius 1 is 1.11 bits per heavy atom. The third-order valence-corrected chi connectivity index (χ3v) is 7.22. The molecule has 2 N–H and O–H groups in total.